The Kier molecular flexibility index (Phi) is 17.7. The Labute approximate surface area is 365 Å². The topological polar surface area (TPSA) is 139 Å². The molecule has 2 aliphatic heterocycles. The third-order valence-electron chi connectivity index (χ3n) is 9.64. The van der Waals surface area contributed by atoms with E-state index < -0.39 is 40.5 Å². The molecule has 1 unspecified atom stereocenters. The maximum Gasteiger partial charge on any atom is 1.00 e. The minimum Gasteiger partial charge on any atom is -0.546 e. The van der Waals surface area contributed by atoms with Crippen LogP contribution in [0.2, 0.25) is 0 Å². The molecule has 60 heavy (non-hydrogen) atoms. The Balaban J connectivity index is 0.00000480. The molecule has 3 aromatic rings. The van der Waals surface area contributed by atoms with E-state index in [2.05, 4.69) is 57.3 Å². The van der Waals surface area contributed by atoms with E-state index in [9.17, 15) is 26.4 Å². The molecular formula is C44H56F3LiN5O6S+. The van der Waals surface area contributed by atoms with Gasteiger partial charge < -0.3 is 21.8 Å². The number of rotatable bonds is 11. The quantitative estimate of drug-likeness (QED) is 0.119. The molecule has 2 aromatic carbocycles. The van der Waals surface area contributed by atoms with Crippen molar-refractivity contribution in [1.29, 1.82) is 0 Å². The van der Waals surface area contributed by atoms with Crippen molar-refractivity contribution in [3.05, 3.63) is 108 Å². The first-order valence-corrected chi connectivity index (χ1v) is 20.7. The van der Waals surface area contributed by atoms with Crippen molar-refractivity contribution in [1.82, 2.24) is 15.3 Å². The second-order valence-electron chi connectivity index (χ2n) is 15.8. The average molecular weight is 847 g/mol. The molecule has 11 nitrogen and oxygen atoms in total. The fraction of sp³-hybridized carbons (Fsp3) is 0.432. The van der Waals surface area contributed by atoms with Gasteiger partial charge in [-0.15, -0.1) is 18.2 Å². The molecule has 1 fully saturated rings. The minimum atomic E-state index is -4.90. The molecule has 5 rings (SSSR count). The van der Waals surface area contributed by atoms with Crippen LogP contribution in [0.5, 0.6) is 5.88 Å². The number of primary sulfonamides is 1. The molecule has 3 atom stereocenters. The van der Waals surface area contributed by atoms with Gasteiger partial charge >= 0.3 is 47.2 Å². The van der Waals surface area contributed by atoms with Crippen LogP contribution in [-0.2, 0) is 19.1 Å². The van der Waals surface area contributed by atoms with Gasteiger partial charge in [-0.25, -0.2) is 6.08 Å². The van der Waals surface area contributed by atoms with E-state index in [1.807, 2.05) is 51.1 Å². The molecule has 0 aliphatic carbocycles. The van der Waals surface area contributed by atoms with Crippen LogP contribution < -0.4 is 33.6 Å². The Morgan fingerprint density at radius 1 is 1.00 bits per heavy atom. The molecule has 0 amide bonds. The molecule has 3 N–H and O–H groups in total. The summed E-state index contributed by atoms with van der Waals surface area (Å²) in [6, 6.07) is 11.4. The Hall–Kier alpha value is -4.10. The minimum absolute atomic E-state index is 0. The molecule has 16 heteroatoms. The number of aromatic nitrogens is 2. The zero-order valence-corrected chi connectivity index (χ0v) is 37.1. The number of aryl methyl sites for hydroxylation is 2. The molecule has 320 valence electrons. The van der Waals surface area contributed by atoms with E-state index in [1.165, 1.54) is 38.5 Å². The fourth-order valence-electron chi connectivity index (χ4n) is 6.81. The molecule has 0 spiro atoms. The molecule has 0 bridgehead atoms. The van der Waals surface area contributed by atoms with Crippen LogP contribution in [0, 0.1) is 32.8 Å². The zero-order chi connectivity index (χ0) is 42.4. The van der Waals surface area contributed by atoms with E-state index in [4.69, 9.17) is 9.73 Å². The normalized spacial score (nSPS) is 21.6. The number of nitrogens with one attached hydrogen (secondary N) is 1. The van der Waals surface area contributed by atoms with E-state index in [-0.39, 0.29) is 67.0 Å². The second-order valence-corrected chi connectivity index (χ2v) is 17.6. The maximum atomic E-state index is 13.8. The van der Waals surface area contributed by atoms with Gasteiger partial charge in [-0.3, -0.25) is 15.8 Å². The van der Waals surface area contributed by atoms with Crippen LogP contribution in [0.15, 0.2) is 87.9 Å². The molecule has 3 heterocycles. The number of sulfonamides is 1. The van der Waals surface area contributed by atoms with Gasteiger partial charge in [-0.1, -0.05) is 56.5 Å². The van der Waals surface area contributed by atoms with Crippen molar-refractivity contribution < 1.29 is 63.8 Å². The Morgan fingerprint density at radius 3 is 2.32 bits per heavy atom. The van der Waals surface area contributed by atoms with Crippen LogP contribution in [0.3, 0.4) is 0 Å². The Bertz CT molecular complexity index is 2200. The third-order valence-corrected chi connectivity index (χ3v) is 11.1. The summed E-state index contributed by atoms with van der Waals surface area (Å²) in [5.74, 6) is -0.717. The predicted molar refractivity (Wildman–Crippen MR) is 223 cm³/mol. The van der Waals surface area contributed by atoms with Crippen molar-refractivity contribution in [3.63, 3.8) is 0 Å². The summed E-state index contributed by atoms with van der Waals surface area (Å²) in [5.41, 5.74) is 5.22. The van der Waals surface area contributed by atoms with Gasteiger partial charge in [0.15, 0.2) is 0 Å². The number of quaternary nitrogens is 1. The largest absolute Gasteiger partial charge is 1.00 e. The monoisotopic (exact) mass is 846 g/mol. The van der Waals surface area contributed by atoms with Crippen LogP contribution in [0.25, 0.3) is 11.3 Å². The van der Waals surface area contributed by atoms with E-state index in [0.717, 1.165) is 44.8 Å². The number of alkyl halides is 3. The van der Waals surface area contributed by atoms with Crippen LogP contribution in [-0.4, -0.2) is 75.4 Å². The number of halogens is 3. The first-order valence-electron chi connectivity index (χ1n) is 19.2. The first-order chi connectivity index (χ1) is 27.2. The molecular weight excluding hydrogens is 791 g/mol. The number of nitrogens with two attached hydrogens (primary N) is 1. The number of carbonyl (C=O) groups is 1. The molecule has 1 aromatic heterocycles. The summed E-state index contributed by atoms with van der Waals surface area (Å²) < 4.78 is 83.0. The van der Waals surface area contributed by atoms with Gasteiger partial charge in [0.1, 0.15) is 31.3 Å². The summed E-state index contributed by atoms with van der Waals surface area (Å²) in [7, 11) is -1.25. The van der Waals surface area contributed by atoms with Crippen molar-refractivity contribution in [2.75, 3.05) is 20.8 Å². The molecule has 0 saturated carbocycles. The van der Waals surface area contributed by atoms with Gasteiger partial charge in [0, 0.05) is 22.5 Å². The van der Waals surface area contributed by atoms with Crippen LogP contribution >= 0.6 is 0 Å². The number of aliphatic imine (C=N–C) groups is 1. The summed E-state index contributed by atoms with van der Waals surface area (Å²) in [6.45, 7) is 11.6. The summed E-state index contributed by atoms with van der Waals surface area (Å²) in [4.78, 5) is 26.4. The maximum absolute atomic E-state index is 13.8. The SMILES string of the molecule is CC1=N\C(C2CCC[C@@H](OC(F)(F)F)[C@H](COc3cc(-c4c(C)cccc4C)nc([NH2+]S(=O)(=O)c4cccc(C(=O)[O+](C)C)c4)n3)N2)=C/CC/C=C\1C=[C-]C(C)(C)C.[CH3-].[Li+]. The van der Waals surface area contributed by atoms with Gasteiger partial charge in [-0.2, -0.15) is 29.8 Å². The van der Waals surface area contributed by atoms with Gasteiger partial charge in [0.25, 0.3) is 0 Å². The third kappa shape index (κ3) is 14.0. The smallest absolute Gasteiger partial charge is 0.546 e. The summed E-state index contributed by atoms with van der Waals surface area (Å²) in [6.07, 6.45) is 5.77. The molecule has 0 radical (unpaired) electrons. The Morgan fingerprint density at radius 2 is 1.67 bits per heavy atom. The van der Waals surface area contributed by atoms with Crippen molar-refractivity contribution in [2.24, 2.45) is 10.4 Å². The standard InChI is InChI=1S/C43H52F3N5O6S.CH3.Li/c1-27-14-11-15-28(2)39(27)35-25-38(50-41(49-35)51-58(53,54)32-18-12-17-31(24-32)40(52)57(7)8)55-26-36-37(56-43(44,45)46)21-13-20-34(48-36)33-19-10-9-16-30(29(3)47-33)22-23-42(4,5)6;;/h11-12,14-19,22,24-25,34,36-37,48H,9-10,13,20-21,26H2,1-8H3,(H,49,50,51);1H3;/q;-1;+1/p+1/b30-16-,33-19-,47-29+;;/t34?,36-,37+;;/m0../s1. The van der Waals surface area contributed by atoms with Crippen molar-refractivity contribution in [3.8, 4) is 17.1 Å². The predicted octanol–water partition coefficient (Wildman–Crippen LogP) is 5.02. The number of allylic oxidation sites excluding steroid dienone is 5. The van der Waals surface area contributed by atoms with E-state index >= 15 is 0 Å². The van der Waals surface area contributed by atoms with Gasteiger partial charge in [0.05, 0.1) is 23.5 Å². The van der Waals surface area contributed by atoms with E-state index in [1.54, 1.807) is 6.07 Å². The number of benzene rings is 2. The molecule has 1 saturated heterocycles. The fourth-order valence-corrected chi connectivity index (χ4v) is 7.89. The number of hydrogen-bond acceptors (Lipinski definition) is 9. The van der Waals surface area contributed by atoms with Crippen LogP contribution in [0.1, 0.15) is 81.3 Å². The van der Waals surface area contributed by atoms with Crippen molar-refractivity contribution in [2.45, 2.75) is 103 Å². The van der Waals surface area contributed by atoms with E-state index in [0.29, 0.717) is 25.0 Å². The van der Waals surface area contributed by atoms with Crippen molar-refractivity contribution >= 4 is 27.7 Å². The zero-order valence-electron chi connectivity index (χ0n) is 36.2. The van der Waals surface area contributed by atoms with Gasteiger partial charge in [-0.05, 0) is 87.9 Å². The number of ether oxygens (including phenoxy) is 2. The number of nitrogens with zero attached hydrogens (tertiary/aromatic N) is 3. The first kappa shape index (κ1) is 50.3. The average Bonchev–Trinajstić information content (AvgIpc) is 3.31. The number of carbonyl (C=O) groups excluding carboxylic acids is 1. The molecule has 2 aliphatic rings. The number of hydrogen-bond donors (Lipinski definition) is 2. The van der Waals surface area contributed by atoms with Crippen LogP contribution in [0.4, 0.5) is 19.1 Å². The summed E-state index contributed by atoms with van der Waals surface area (Å²) >= 11 is 0. The summed E-state index contributed by atoms with van der Waals surface area (Å²) in [5, 5.41) is 3.38. The van der Waals surface area contributed by atoms with Gasteiger partial charge in [0.2, 0.25) is 5.88 Å². The second kappa shape index (κ2) is 21.1.